The number of hydrogen-bond acceptors (Lipinski definition) is 20. The highest BCUT2D eigenvalue weighted by molar-refractivity contribution is 7.09. The standard InChI is InChI=1S/C34H50N2O8.C29H40N2O7.C10H18O5.C5H12O2.FH2P/c1-7-26(40-6)20-41-30(38)10-8-9-29(37)36-25-14-12-24(13-15-25)19-35-32(39)43-27-17-18-34(21-42-34)31(23(27)4)33(5)28(44-33)16-11-22(2)3;1-18(2)8-13-23-28(4,38-23)26-19(3)22(14-15-29(26)17-36-29)37-27(35)30-16-20-9-11-21(12-10-20)31-24(32)6-5-7-25(33)34;1-3-8(14-2)7-15-10(13)6-4-5-9(11)12;1-3-5(4-6)7-2;1-2/h11-15,23,26-28,31H,7-10,16-21H2,1-6H3,(H,35,39)(H,36,37);8-12,19,22-23,26H,5-7,13-17H2,1-4H3,(H,30,35)(H,31,32)(H,33,34);8H,3-7H2,1-2H3,(H,11,12);5-6H,3-4H2,1-2H3;2H2/t23-,26?,27-,28?,31-,33+,34+;19-,22-,23?,26-,28+,29+;;;/m11.../s1. The van der Waals surface area contributed by atoms with E-state index in [1.807, 2.05) is 45.0 Å². The van der Waals surface area contributed by atoms with Crippen LogP contribution < -0.4 is 21.3 Å². The lowest BCUT2D eigenvalue weighted by Gasteiger charge is -2.42. The molecule has 4 amide bonds. The number of aliphatic hydroxyl groups excluding tert-OH is 1. The first kappa shape index (κ1) is 91.7. The zero-order valence-corrected chi connectivity index (χ0v) is 66.0. The summed E-state index contributed by atoms with van der Waals surface area (Å²) < 4.78 is 70.8. The van der Waals surface area contributed by atoms with Crippen LogP contribution in [0.1, 0.15) is 203 Å². The second-order valence-electron chi connectivity index (χ2n) is 28.9. The SMILES string of the molecule is CC(C)=CCC1O[C@]1(C)[C@H]1[C@H](C)[C@H](OC(=O)NCc2ccc(NC(=O)CCCC(=O)O)cc2)CC[C@]12CO2.CCC(CO)OC.CCC(COC(=O)CCCC(=O)Nc1ccc(CNC(=O)O[C@@H]2CC[C@]3(CO3)[C@@H]([C@@]3(C)OC3CC=C(C)C)[C@@H]2C)cc1)OC.CCC(COC(=O)CCCC(=O)O)OC.FP. The number of aliphatic hydroxyl groups is 1. The van der Waals surface area contributed by atoms with Gasteiger partial charge in [0.05, 0.1) is 82.3 Å². The van der Waals surface area contributed by atoms with Crippen molar-refractivity contribution in [2.24, 2.45) is 23.7 Å². The summed E-state index contributed by atoms with van der Waals surface area (Å²) in [5, 5.41) is 36.7. The molecule has 16 atom stereocenters. The van der Waals surface area contributed by atoms with Crippen LogP contribution >= 0.6 is 9.55 Å². The molecule has 598 valence electrons. The third-order valence-electron chi connectivity index (χ3n) is 20.4. The Labute approximate surface area is 628 Å². The number of amides is 4. The molecule has 2 spiro atoms. The first-order valence-electron chi connectivity index (χ1n) is 37.2. The Kier molecular flexibility index (Phi) is 39.8. The number of methoxy groups -OCH3 is 3. The van der Waals surface area contributed by atoms with Crippen LogP contribution in [0.4, 0.5) is 25.2 Å². The average molecular weight is 1520 g/mol. The molecule has 6 unspecified atom stereocenters. The molecule has 2 aliphatic carbocycles. The quantitative estimate of drug-likeness (QED) is 0.0109. The summed E-state index contributed by atoms with van der Waals surface area (Å²) in [6.45, 7) is 25.6. The highest BCUT2D eigenvalue weighted by atomic mass is 31.1. The third-order valence-corrected chi connectivity index (χ3v) is 20.4. The van der Waals surface area contributed by atoms with E-state index in [1.165, 1.54) is 11.1 Å². The van der Waals surface area contributed by atoms with Gasteiger partial charge in [-0.1, -0.05) is 82.2 Å². The number of esters is 2. The predicted molar refractivity (Wildman–Crippen MR) is 400 cm³/mol. The van der Waals surface area contributed by atoms with Crippen LogP contribution in [0.5, 0.6) is 0 Å². The van der Waals surface area contributed by atoms with Gasteiger partial charge in [0, 0.05) is 108 Å². The summed E-state index contributed by atoms with van der Waals surface area (Å²) in [6, 6.07) is 14.4. The van der Waals surface area contributed by atoms with Crippen LogP contribution in [0.15, 0.2) is 71.8 Å². The van der Waals surface area contributed by atoms with Crippen molar-refractivity contribution in [3.05, 3.63) is 83.0 Å². The van der Waals surface area contributed by atoms with Crippen molar-refractivity contribution in [2.45, 2.75) is 270 Å². The number of carboxylic acids is 2. The average Bonchev–Trinajstić information content (AvgIpc) is 1.54. The maximum absolute atomic E-state index is 12.8. The molecule has 0 radical (unpaired) electrons. The van der Waals surface area contributed by atoms with Crippen LogP contribution in [0.25, 0.3) is 0 Å². The second kappa shape index (κ2) is 46.0. The van der Waals surface area contributed by atoms with Gasteiger partial charge in [0.15, 0.2) is 0 Å². The minimum Gasteiger partial charge on any atom is -0.481 e. The van der Waals surface area contributed by atoms with Gasteiger partial charge < -0.3 is 88.7 Å². The number of allylic oxidation sites excluding steroid dienone is 2. The first-order valence-corrected chi connectivity index (χ1v) is 37.6. The zero-order valence-electron chi connectivity index (χ0n) is 64.9. The van der Waals surface area contributed by atoms with Gasteiger partial charge in [-0.25, -0.2) is 13.8 Å². The van der Waals surface area contributed by atoms with Gasteiger partial charge in [-0.05, 0) is 154 Å². The number of nitrogens with one attached hydrogen (secondary N) is 4. The molecule has 4 aliphatic heterocycles. The van der Waals surface area contributed by atoms with E-state index in [-0.39, 0.29) is 171 Å². The van der Waals surface area contributed by atoms with Crippen molar-refractivity contribution in [3.63, 3.8) is 0 Å². The monoisotopic (exact) mass is 1520 g/mol. The number of rotatable bonds is 37. The summed E-state index contributed by atoms with van der Waals surface area (Å²) in [5.41, 5.74) is 4.72. The summed E-state index contributed by atoms with van der Waals surface area (Å²) in [6.07, 6.45) is 12.4. The van der Waals surface area contributed by atoms with Crippen LogP contribution in [0, 0.1) is 23.7 Å². The normalized spacial score (nSPS) is 26.1. The van der Waals surface area contributed by atoms with Crippen molar-refractivity contribution in [1.82, 2.24) is 10.6 Å². The number of ether oxygens (including phenoxy) is 11. The van der Waals surface area contributed by atoms with Crippen LogP contribution in [0.2, 0.25) is 0 Å². The van der Waals surface area contributed by atoms with Gasteiger partial charge in [0.1, 0.15) is 25.4 Å². The Morgan fingerprint density at radius 3 is 1.19 bits per heavy atom. The van der Waals surface area contributed by atoms with E-state index in [2.05, 4.69) is 88.8 Å². The van der Waals surface area contributed by atoms with Crippen molar-refractivity contribution in [2.75, 3.05) is 65.0 Å². The molecular formula is C78H122FN4O22P. The summed E-state index contributed by atoms with van der Waals surface area (Å²) in [5.74, 6) is -2.37. The van der Waals surface area contributed by atoms with Crippen molar-refractivity contribution < 1.29 is 110 Å². The number of carbonyl (C=O) groups is 8. The molecule has 6 fully saturated rings. The molecule has 4 heterocycles. The smallest absolute Gasteiger partial charge is 0.407 e. The number of hydrogen-bond donors (Lipinski definition) is 7. The molecule has 0 bridgehead atoms. The number of anilines is 2. The molecule has 28 heteroatoms. The van der Waals surface area contributed by atoms with Gasteiger partial charge >= 0.3 is 36.1 Å². The molecule has 7 N–H and O–H groups in total. The van der Waals surface area contributed by atoms with Crippen molar-refractivity contribution >= 4 is 68.8 Å². The molecule has 2 aromatic rings. The van der Waals surface area contributed by atoms with E-state index in [0.717, 1.165) is 91.7 Å². The predicted octanol–water partition coefficient (Wildman–Crippen LogP) is 12.9. The number of halogens is 1. The Hall–Kier alpha value is -6.68. The first-order chi connectivity index (χ1) is 50.5. The van der Waals surface area contributed by atoms with Crippen LogP contribution in [-0.4, -0.2) is 183 Å². The van der Waals surface area contributed by atoms with Gasteiger partial charge in [-0.15, -0.1) is 0 Å². The lowest BCUT2D eigenvalue weighted by molar-refractivity contribution is -0.148. The summed E-state index contributed by atoms with van der Waals surface area (Å²) in [4.78, 5) is 93.4. The molecule has 106 heavy (non-hydrogen) atoms. The van der Waals surface area contributed by atoms with Gasteiger partial charge in [-0.2, -0.15) is 0 Å². The highest BCUT2D eigenvalue weighted by Crippen LogP contribution is 2.62. The van der Waals surface area contributed by atoms with Crippen molar-refractivity contribution in [3.8, 4) is 0 Å². The Bertz CT molecular complexity index is 3110. The maximum Gasteiger partial charge on any atom is 0.407 e. The van der Waals surface area contributed by atoms with Crippen molar-refractivity contribution in [1.29, 1.82) is 0 Å². The number of epoxide rings is 4. The summed E-state index contributed by atoms with van der Waals surface area (Å²) in [7, 11) is 5.67. The van der Waals surface area contributed by atoms with E-state index in [1.54, 1.807) is 45.6 Å². The molecule has 2 saturated carbocycles. The molecular weight excluding hydrogens is 1390 g/mol. The Balaban J connectivity index is 0.000000346. The Morgan fingerprint density at radius 2 is 0.896 bits per heavy atom. The lowest BCUT2D eigenvalue weighted by Crippen LogP contribution is -2.51. The number of carboxylic acid groups (broad SMARTS) is 2. The minimum atomic E-state index is -0.915. The zero-order chi connectivity index (χ0) is 78.8. The number of aliphatic carboxylic acids is 2. The fourth-order valence-corrected chi connectivity index (χ4v) is 13.9. The van der Waals surface area contributed by atoms with Gasteiger partial charge in [0.2, 0.25) is 11.8 Å². The molecule has 8 rings (SSSR count). The third kappa shape index (κ3) is 30.8. The number of carbonyl (C=O) groups excluding carboxylic acids is 6. The fourth-order valence-electron chi connectivity index (χ4n) is 13.9. The van der Waals surface area contributed by atoms with Gasteiger partial charge in [0.25, 0.3) is 0 Å². The minimum absolute atomic E-state index is 0.00339. The highest BCUT2D eigenvalue weighted by Gasteiger charge is 2.72. The lowest BCUT2D eigenvalue weighted by atomic mass is 9.64. The fraction of sp³-hybridized carbons (Fsp3) is 0.692. The molecule has 4 saturated heterocycles. The molecule has 26 nitrogen and oxygen atoms in total. The second-order valence-corrected chi connectivity index (χ2v) is 28.9. The largest absolute Gasteiger partial charge is 0.481 e. The van der Waals surface area contributed by atoms with Crippen LogP contribution in [-0.2, 0) is 94.0 Å². The number of benzene rings is 2. The van der Waals surface area contributed by atoms with E-state index in [4.69, 9.17) is 67.4 Å². The number of alkyl carbamates (subject to hydrolysis) is 2. The molecule has 6 aliphatic rings. The van der Waals surface area contributed by atoms with E-state index >= 15 is 0 Å². The topological polar surface area (TPSA) is 360 Å². The van der Waals surface area contributed by atoms with Crippen LogP contribution in [0.3, 0.4) is 0 Å². The van der Waals surface area contributed by atoms with E-state index in [9.17, 15) is 42.6 Å². The molecule has 0 aromatic heterocycles. The Morgan fingerprint density at radius 1 is 0.557 bits per heavy atom. The van der Waals surface area contributed by atoms with E-state index < -0.39 is 24.1 Å². The maximum atomic E-state index is 12.8. The summed E-state index contributed by atoms with van der Waals surface area (Å²) >= 11 is 0. The van der Waals surface area contributed by atoms with E-state index in [0.29, 0.717) is 43.7 Å². The van der Waals surface area contributed by atoms with Gasteiger partial charge in [-0.3, -0.25) is 28.8 Å². The molecule has 2 aromatic carbocycles.